The Hall–Kier alpha value is -4.93. The van der Waals surface area contributed by atoms with Crippen LogP contribution in [0.1, 0.15) is 37.7 Å². The smallest absolute Gasteiger partial charge is 0.326 e. The fraction of sp³-hybridized carbons (Fsp3) is 0.480. The van der Waals surface area contributed by atoms with Crippen LogP contribution >= 0.6 is 0 Å². The maximum Gasteiger partial charge on any atom is 0.326 e. The second-order valence-corrected chi connectivity index (χ2v) is 9.31. The topological polar surface area (TPSA) is 317 Å². The molecule has 1 rings (SSSR count). The molecule has 1 aromatic carbocycles. The van der Waals surface area contributed by atoms with Gasteiger partial charge in [-0.2, -0.15) is 0 Å². The van der Waals surface area contributed by atoms with Gasteiger partial charge in [0, 0.05) is 13.1 Å². The first-order valence-electron chi connectivity index (χ1n) is 13.1. The zero-order chi connectivity index (χ0) is 31.7. The minimum absolute atomic E-state index is 0.0457. The van der Waals surface area contributed by atoms with Gasteiger partial charge in [0.15, 0.2) is 11.9 Å². The summed E-state index contributed by atoms with van der Waals surface area (Å²) in [6, 6.07) is 3.77. The van der Waals surface area contributed by atoms with Crippen molar-refractivity contribution in [3.05, 3.63) is 35.9 Å². The van der Waals surface area contributed by atoms with Crippen LogP contribution in [0.2, 0.25) is 0 Å². The van der Waals surface area contributed by atoms with E-state index in [-0.39, 0.29) is 57.1 Å². The summed E-state index contributed by atoms with van der Waals surface area (Å²) >= 11 is 0. The molecule has 0 spiro atoms. The quantitative estimate of drug-likeness (QED) is 0.0428. The van der Waals surface area contributed by atoms with Gasteiger partial charge in [-0.15, -0.1) is 0 Å². The van der Waals surface area contributed by atoms with E-state index in [2.05, 4.69) is 25.9 Å². The molecule has 42 heavy (non-hydrogen) atoms. The van der Waals surface area contributed by atoms with Crippen molar-refractivity contribution in [1.29, 1.82) is 0 Å². The molecule has 17 nitrogen and oxygen atoms in total. The molecule has 0 saturated heterocycles. The van der Waals surface area contributed by atoms with Gasteiger partial charge in [0.25, 0.3) is 0 Å². The molecule has 17 heteroatoms. The molecule has 0 aliphatic rings. The molecule has 0 saturated carbocycles. The molecule has 0 aromatic heterocycles. The molecule has 0 aliphatic heterocycles. The van der Waals surface area contributed by atoms with Gasteiger partial charge in [-0.3, -0.25) is 29.2 Å². The second-order valence-electron chi connectivity index (χ2n) is 9.31. The van der Waals surface area contributed by atoms with E-state index in [1.54, 1.807) is 24.3 Å². The maximum atomic E-state index is 13.3. The fourth-order valence-corrected chi connectivity index (χ4v) is 3.70. The van der Waals surface area contributed by atoms with E-state index in [1.807, 2.05) is 6.07 Å². The number of benzene rings is 1. The summed E-state index contributed by atoms with van der Waals surface area (Å²) in [4.78, 5) is 69.4. The first kappa shape index (κ1) is 35.1. The summed E-state index contributed by atoms with van der Waals surface area (Å²) < 4.78 is 0. The van der Waals surface area contributed by atoms with Crippen LogP contribution < -0.4 is 44.6 Å². The lowest BCUT2D eigenvalue weighted by Crippen LogP contribution is -2.57. The number of hydrogen-bond donors (Lipinski definition) is 10. The molecule has 3 amide bonds. The molecule has 4 unspecified atom stereocenters. The lowest BCUT2D eigenvalue weighted by atomic mass is 10.0. The predicted octanol–water partition coefficient (Wildman–Crippen LogP) is -3.32. The molecule has 0 bridgehead atoms. The number of carbonyl (C=O) groups excluding carboxylic acids is 3. The van der Waals surface area contributed by atoms with E-state index in [4.69, 9.17) is 33.8 Å². The number of aliphatic carboxylic acids is 2. The van der Waals surface area contributed by atoms with Gasteiger partial charge in [0.05, 0.1) is 12.5 Å². The van der Waals surface area contributed by atoms with Gasteiger partial charge in [-0.25, -0.2) is 4.79 Å². The van der Waals surface area contributed by atoms with Gasteiger partial charge in [0.1, 0.15) is 18.1 Å². The zero-order valence-electron chi connectivity index (χ0n) is 23.1. The third kappa shape index (κ3) is 14.5. The Morgan fingerprint density at radius 2 is 1.17 bits per heavy atom. The lowest BCUT2D eigenvalue weighted by molar-refractivity contribution is -0.147. The van der Waals surface area contributed by atoms with Crippen LogP contribution in [-0.2, 0) is 30.4 Å². The molecule has 0 aliphatic carbocycles. The monoisotopic (exact) mass is 592 g/mol. The predicted molar refractivity (Wildman–Crippen MR) is 154 cm³/mol. The number of carboxylic acids is 2. The Morgan fingerprint density at radius 3 is 1.60 bits per heavy atom. The zero-order valence-corrected chi connectivity index (χ0v) is 23.1. The van der Waals surface area contributed by atoms with E-state index >= 15 is 0 Å². The van der Waals surface area contributed by atoms with Crippen LogP contribution in [0.5, 0.6) is 0 Å². The van der Waals surface area contributed by atoms with Crippen molar-refractivity contribution in [2.24, 2.45) is 38.7 Å². The normalized spacial score (nSPS) is 13.4. The Labute approximate surface area is 242 Å². The number of hydrogen-bond acceptors (Lipinski definition) is 8. The van der Waals surface area contributed by atoms with E-state index in [9.17, 15) is 29.1 Å². The lowest BCUT2D eigenvalue weighted by Gasteiger charge is -2.25. The van der Waals surface area contributed by atoms with Crippen LogP contribution in [0, 0.1) is 0 Å². The maximum absolute atomic E-state index is 13.3. The number of nitrogens with two attached hydrogens (primary N) is 5. The summed E-state index contributed by atoms with van der Waals surface area (Å²) in [5.74, 6) is -5.72. The van der Waals surface area contributed by atoms with Gasteiger partial charge >= 0.3 is 11.9 Å². The molecular weight excluding hydrogens is 552 g/mol. The van der Waals surface area contributed by atoms with Crippen molar-refractivity contribution in [3.8, 4) is 0 Å². The third-order valence-corrected chi connectivity index (χ3v) is 5.79. The third-order valence-electron chi connectivity index (χ3n) is 5.79. The Morgan fingerprint density at radius 1 is 0.714 bits per heavy atom. The van der Waals surface area contributed by atoms with Crippen molar-refractivity contribution >= 4 is 41.6 Å². The number of carbonyl (C=O) groups is 5. The summed E-state index contributed by atoms with van der Waals surface area (Å²) in [5.41, 5.74) is 28.2. The van der Waals surface area contributed by atoms with Crippen LogP contribution in [0.15, 0.2) is 40.3 Å². The number of guanidine groups is 2. The number of carboxylic acid groups (broad SMARTS) is 2. The second kappa shape index (κ2) is 18.4. The largest absolute Gasteiger partial charge is 0.481 e. The van der Waals surface area contributed by atoms with E-state index in [0.29, 0.717) is 0 Å². The van der Waals surface area contributed by atoms with Gasteiger partial charge in [-0.1, -0.05) is 30.3 Å². The van der Waals surface area contributed by atoms with Crippen molar-refractivity contribution in [2.45, 2.75) is 62.7 Å². The van der Waals surface area contributed by atoms with Crippen molar-refractivity contribution in [1.82, 2.24) is 16.0 Å². The summed E-state index contributed by atoms with van der Waals surface area (Å²) in [6.07, 6.45) is -0.216. The molecule has 4 atom stereocenters. The summed E-state index contributed by atoms with van der Waals surface area (Å²) in [6.45, 7) is 0.239. The first-order chi connectivity index (χ1) is 19.8. The number of nitrogens with one attached hydrogen (secondary N) is 3. The van der Waals surface area contributed by atoms with Crippen LogP contribution in [-0.4, -0.2) is 89.0 Å². The summed E-state index contributed by atoms with van der Waals surface area (Å²) in [5, 5.41) is 25.5. The number of nitrogens with zero attached hydrogens (tertiary/aromatic N) is 2. The summed E-state index contributed by atoms with van der Waals surface area (Å²) in [7, 11) is 0. The molecule has 15 N–H and O–H groups in total. The highest BCUT2D eigenvalue weighted by atomic mass is 16.4. The highest BCUT2D eigenvalue weighted by molar-refractivity contribution is 5.94. The SMILES string of the molecule is NC(N)=NCCCC(NC(=O)C(N)Cc1ccccc1)C(=O)NC(CCCN=C(N)N)C(=O)NC(CC(=O)O)C(=O)O. The number of rotatable bonds is 19. The number of amides is 3. The number of aliphatic imine (C=N–C) groups is 2. The van der Waals surface area contributed by atoms with Gasteiger partial charge in [0.2, 0.25) is 17.7 Å². The molecule has 0 fully saturated rings. The molecule has 0 radical (unpaired) electrons. The first-order valence-corrected chi connectivity index (χ1v) is 13.1. The van der Waals surface area contributed by atoms with E-state index in [0.717, 1.165) is 5.56 Å². The minimum atomic E-state index is -1.75. The molecule has 232 valence electrons. The minimum Gasteiger partial charge on any atom is -0.481 e. The molecular formula is C25H40N10O7. The Kier molecular flexibility index (Phi) is 15.4. The van der Waals surface area contributed by atoms with Crippen LogP contribution in [0.4, 0.5) is 0 Å². The highest BCUT2D eigenvalue weighted by Crippen LogP contribution is 2.07. The van der Waals surface area contributed by atoms with Crippen LogP contribution in [0.25, 0.3) is 0 Å². The fourth-order valence-electron chi connectivity index (χ4n) is 3.70. The average Bonchev–Trinajstić information content (AvgIpc) is 2.91. The molecule has 1 aromatic rings. The van der Waals surface area contributed by atoms with Crippen LogP contribution in [0.3, 0.4) is 0 Å². The highest BCUT2D eigenvalue weighted by Gasteiger charge is 2.31. The van der Waals surface area contributed by atoms with E-state index in [1.165, 1.54) is 0 Å². The van der Waals surface area contributed by atoms with Crippen molar-refractivity contribution in [3.63, 3.8) is 0 Å². The van der Waals surface area contributed by atoms with Gasteiger partial charge in [-0.05, 0) is 37.7 Å². The standard InChI is InChI=1S/C25H40N10O7/c26-15(12-14-6-2-1-3-7-14)20(38)33-16(8-4-10-31-24(27)28)21(39)34-17(9-5-11-32-25(29)30)22(40)35-18(23(41)42)13-19(36)37/h1-3,6-7,15-18H,4-5,8-13,26H2,(H,33,38)(H,34,39)(H,35,40)(H,36,37)(H,41,42)(H4,27,28,31)(H4,29,30,32). The Balaban J connectivity index is 3.10. The Bertz CT molecular complexity index is 1120. The average molecular weight is 593 g/mol. The molecule has 0 heterocycles. The van der Waals surface area contributed by atoms with Crippen molar-refractivity contribution in [2.75, 3.05) is 13.1 Å². The van der Waals surface area contributed by atoms with Crippen molar-refractivity contribution < 1.29 is 34.2 Å². The van der Waals surface area contributed by atoms with Gasteiger partial charge < -0.3 is 54.8 Å². The van der Waals surface area contributed by atoms with E-state index < -0.39 is 60.2 Å².